The third-order valence-electron chi connectivity index (χ3n) is 12.3. The Morgan fingerprint density at radius 1 is 0.500 bits per heavy atom. The van der Waals surface area contributed by atoms with Gasteiger partial charge in [0.05, 0.1) is 115 Å². The zero-order valence-electron chi connectivity index (χ0n) is 49.2. The molecular formula is C53H81N5O26. The maximum atomic E-state index is 13.6. The Morgan fingerprint density at radius 2 is 0.869 bits per heavy atom. The minimum Gasteiger partial charge on any atom is -0.463 e. The number of benzene rings is 1. The molecule has 0 aromatic heterocycles. The molecule has 0 saturated carbocycles. The Bertz CT molecular complexity index is 2310. The second-order valence-electron chi connectivity index (χ2n) is 19.1. The number of non-ortho nitro benzene ring substituents is 1. The molecule has 3 rings (SSSR count). The molecule has 2 heterocycles. The van der Waals surface area contributed by atoms with Gasteiger partial charge in [-0.05, 0) is 6.07 Å². The number of likely N-dealkylation sites (N-methyl/N-ethyl adjacent to an activating group) is 2. The van der Waals surface area contributed by atoms with Gasteiger partial charge in [-0.25, -0.2) is 0 Å². The zero-order chi connectivity index (χ0) is 62.3. The number of ether oxygens (including phenoxy) is 15. The number of carbonyl (C=O) groups is 9. The van der Waals surface area contributed by atoms with Gasteiger partial charge in [0.1, 0.15) is 37.6 Å². The topological polar surface area (TPSA) is 366 Å². The Labute approximate surface area is 486 Å². The number of nitro groups is 1. The van der Waals surface area contributed by atoms with Crippen LogP contribution in [0.4, 0.5) is 5.69 Å². The summed E-state index contributed by atoms with van der Waals surface area (Å²) in [6, 6.07) is 1.60. The summed E-state index contributed by atoms with van der Waals surface area (Å²) in [5.74, 6) is -5.81. The van der Waals surface area contributed by atoms with Gasteiger partial charge < -0.3 is 91.5 Å². The molecule has 2 aliphatic heterocycles. The quantitative estimate of drug-likeness (QED) is 0.0287. The molecule has 1 aromatic rings. The molecule has 2 fully saturated rings. The van der Waals surface area contributed by atoms with Gasteiger partial charge in [0.2, 0.25) is 11.8 Å². The summed E-state index contributed by atoms with van der Waals surface area (Å²) in [7, 11) is 2.96. The van der Waals surface area contributed by atoms with Crippen LogP contribution in [0.25, 0.3) is 0 Å². The molecule has 0 spiro atoms. The molecule has 31 nitrogen and oxygen atoms in total. The first-order valence-electron chi connectivity index (χ1n) is 27.0. The van der Waals surface area contributed by atoms with Crippen molar-refractivity contribution in [1.29, 1.82) is 0 Å². The molecule has 2 unspecified atom stereocenters. The lowest BCUT2D eigenvalue weighted by molar-refractivity contribution is -0.384. The van der Waals surface area contributed by atoms with Crippen LogP contribution in [0, 0.1) is 16.0 Å². The first kappa shape index (κ1) is 71.7. The number of nitrogens with zero attached hydrogens (tertiary/aromatic N) is 3. The van der Waals surface area contributed by atoms with E-state index in [1.165, 1.54) is 64.6 Å². The maximum absolute atomic E-state index is 13.6. The summed E-state index contributed by atoms with van der Waals surface area (Å²) in [6.07, 6.45) is -7.55. The van der Waals surface area contributed by atoms with Gasteiger partial charge in [-0.3, -0.25) is 53.3 Å². The van der Waals surface area contributed by atoms with Crippen molar-refractivity contribution in [3.05, 3.63) is 39.4 Å². The Kier molecular flexibility index (Phi) is 32.8. The first-order valence-corrected chi connectivity index (χ1v) is 27.0. The molecule has 4 amide bonds. The molecule has 10 atom stereocenters. The summed E-state index contributed by atoms with van der Waals surface area (Å²) in [6.45, 7) is 11.5. The number of esters is 5. The Morgan fingerprint density at radius 3 is 1.29 bits per heavy atom. The number of nitro benzene ring substituents is 1. The van der Waals surface area contributed by atoms with Crippen LogP contribution in [-0.4, -0.2) is 256 Å². The molecule has 474 valence electrons. The largest absolute Gasteiger partial charge is 0.463 e. The van der Waals surface area contributed by atoms with Crippen molar-refractivity contribution in [2.24, 2.45) is 5.92 Å². The van der Waals surface area contributed by atoms with Gasteiger partial charge in [-0.1, -0.05) is 6.92 Å². The van der Waals surface area contributed by atoms with Gasteiger partial charge in [0, 0.05) is 93.7 Å². The van der Waals surface area contributed by atoms with E-state index in [0.717, 1.165) is 26.0 Å². The Balaban J connectivity index is 1.34. The molecule has 84 heavy (non-hydrogen) atoms. The minimum absolute atomic E-state index is 0.0330. The number of carbonyl (C=O) groups excluding carboxylic acids is 9. The third-order valence-corrected chi connectivity index (χ3v) is 12.3. The fraction of sp³-hybridized carbons (Fsp3) is 0.717. The molecule has 2 aliphatic rings. The van der Waals surface area contributed by atoms with Crippen LogP contribution in [0.15, 0.2) is 18.2 Å². The van der Waals surface area contributed by atoms with E-state index in [4.69, 9.17) is 71.1 Å². The predicted octanol–water partition coefficient (Wildman–Crippen LogP) is -0.112. The van der Waals surface area contributed by atoms with E-state index in [-0.39, 0.29) is 142 Å². The summed E-state index contributed by atoms with van der Waals surface area (Å²) in [4.78, 5) is 124. The molecule has 2 saturated heterocycles. The van der Waals surface area contributed by atoms with Crippen molar-refractivity contribution in [3.63, 3.8) is 0 Å². The van der Waals surface area contributed by atoms with Crippen molar-refractivity contribution in [2.45, 2.75) is 111 Å². The van der Waals surface area contributed by atoms with Crippen LogP contribution < -0.4 is 10.6 Å². The number of nitrogens with one attached hydrogen (secondary N) is 2. The highest BCUT2D eigenvalue weighted by atomic mass is 16.7. The number of hydrogen-bond donors (Lipinski definition) is 2. The van der Waals surface area contributed by atoms with Crippen LogP contribution in [0.2, 0.25) is 0 Å². The summed E-state index contributed by atoms with van der Waals surface area (Å²) in [5, 5.41) is 17.1. The van der Waals surface area contributed by atoms with Gasteiger partial charge in [-0.2, -0.15) is 0 Å². The van der Waals surface area contributed by atoms with Crippen LogP contribution >= 0.6 is 0 Å². The van der Waals surface area contributed by atoms with Crippen molar-refractivity contribution in [2.75, 3.05) is 133 Å². The lowest BCUT2D eigenvalue weighted by Crippen LogP contribution is -2.66. The van der Waals surface area contributed by atoms with Crippen LogP contribution in [0.1, 0.15) is 76.1 Å². The van der Waals surface area contributed by atoms with E-state index < -0.39 is 114 Å². The molecule has 0 aliphatic carbocycles. The van der Waals surface area contributed by atoms with E-state index >= 15 is 0 Å². The number of rotatable bonds is 38. The first-order chi connectivity index (χ1) is 39.9. The standard InChI is InChI=1S/C53H81N5O26/c1-32-45(54-33(2)59)52(83-43(30-78-35(4)61)47(32)80-37(6)63)76-27-25-74-23-21-72-19-17-70-15-13-56(9)50(66)41-12-11-40(58(68)69)29-42(41)51(67)57(10)14-16-71-18-20-73-22-24-75-26-28-77-53-46(55-34(3)60)49(82-39(8)65)48(81-38(7)64)44(84-53)31-79-36(5)62/h11-12,29,32,43-49,52-53H,13-28,30-31H2,1-10H3,(H,54,59)(H,55,60)/t32-,43-,44-,45-,46-,47-,48+,49-,52?,53?/m1/s1. The van der Waals surface area contributed by atoms with Gasteiger partial charge >= 0.3 is 29.8 Å². The number of hydrogen-bond acceptors (Lipinski definition) is 26. The zero-order valence-corrected chi connectivity index (χ0v) is 49.2. The van der Waals surface area contributed by atoms with E-state index in [9.17, 15) is 53.3 Å². The second-order valence-corrected chi connectivity index (χ2v) is 19.1. The fourth-order valence-corrected chi connectivity index (χ4v) is 8.40. The van der Waals surface area contributed by atoms with E-state index in [2.05, 4.69) is 10.6 Å². The maximum Gasteiger partial charge on any atom is 0.303 e. The average molecular weight is 1200 g/mol. The molecule has 31 heteroatoms. The van der Waals surface area contributed by atoms with Crippen molar-refractivity contribution >= 4 is 59.2 Å². The predicted molar refractivity (Wildman–Crippen MR) is 285 cm³/mol. The van der Waals surface area contributed by atoms with Crippen LogP contribution in [0.3, 0.4) is 0 Å². The van der Waals surface area contributed by atoms with Crippen molar-refractivity contribution in [3.8, 4) is 0 Å². The molecular weight excluding hydrogens is 1120 g/mol. The van der Waals surface area contributed by atoms with Crippen molar-refractivity contribution in [1.82, 2.24) is 20.4 Å². The normalized spacial score (nSPS) is 21.9. The molecule has 1 aromatic carbocycles. The SMILES string of the molecule is CC(=O)N[C@H]1C(OCCOCCOCCOCCN(C)C(=O)c2ccc([N+](=O)[O-])cc2C(=O)N(C)CCOCCOCCOCCOC2O[C@H](COC(C)=O)[C@H](OC(C)=O)[C@H](OC(C)=O)[C@H]2NC(C)=O)O[C@H](COC(C)=O)[C@H](OC(C)=O)[C@@H]1C. The fourth-order valence-electron chi connectivity index (χ4n) is 8.40. The smallest absolute Gasteiger partial charge is 0.303 e. The summed E-state index contributed by atoms with van der Waals surface area (Å²) >= 11 is 0. The van der Waals surface area contributed by atoms with Gasteiger partial charge in [-0.15, -0.1) is 0 Å². The Hall–Kier alpha value is -6.55. The number of amides is 4. The second kappa shape index (κ2) is 38.4. The highest BCUT2D eigenvalue weighted by Crippen LogP contribution is 2.31. The van der Waals surface area contributed by atoms with Gasteiger partial charge in [0.25, 0.3) is 17.5 Å². The lowest BCUT2D eigenvalue weighted by Gasteiger charge is -2.44. The monoisotopic (exact) mass is 1200 g/mol. The molecule has 2 N–H and O–H groups in total. The summed E-state index contributed by atoms with van der Waals surface area (Å²) < 4.78 is 83.8. The molecule has 0 radical (unpaired) electrons. The van der Waals surface area contributed by atoms with Crippen LogP contribution in [0.5, 0.6) is 0 Å². The van der Waals surface area contributed by atoms with Crippen molar-refractivity contribution < 1.29 is 119 Å². The third kappa shape index (κ3) is 26.2. The van der Waals surface area contributed by atoms with E-state index in [0.29, 0.717) is 0 Å². The molecule has 0 bridgehead atoms. The van der Waals surface area contributed by atoms with E-state index in [1.807, 2.05) is 0 Å². The summed E-state index contributed by atoms with van der Waals surface area (Å²) in [5.41, 5.74) is -0.607. The van der Waals surface area contributed by atoms with E-state index in [1.54, 1.807) is 6.92 Å². The lowest BCUT2D eigenvalue weighted by atomic mass is 9.88. The highest BCUT2D eigenvalue weighted by Gasteiger charge is 2.51. The van der Waals surface area contributed by atoms with Crippen LogP contribution in [-0.2, 0) is 105 Å². The highest BCUT2D eigenvalue weighted by molar-refractivity contribution is 6.07. The minimum atomic E-state index is -1.27. The van der Waals surface area contributed by atoms with Gasteiger partial charge in [0.15, 0.2) is 24.8 Å². The average Bonchev–Trinajstić information content (AvgIpc) is 1.96.